The summed E-state index contributed by atoms with van der Waals surface area (Å²) in [7, 11) is -2.43. The third-order valence-electron chi connectivity index (χ3n) is 5.57. The number of rotatable bonds is 7. The number of aromatic nitrogens is 3. The molecule has 3 aromatic rings. The van der Waals surface area contributed by atoms with Crippen LogP contribution in [0.3, 0.4) is 0 Å². The summed E-state index contributed by atoms with van der Waals surface area (Å²) < 4.78 is 32.5. The van der Waals surface area contributed by atoms with E-state index < -0.39 is 28.5 Å². The van der Waals surface area contributed by atoms with Gasteiger partial charge in [0.1, 0.15) is 11.0 Å². The van der Waals surface area contributed by atoms with Gasteiger partial charge in [-0.1, -0.05) is 23.9 Å². The minimum Gasteiger partial charge on any atom is -0.465 e. The Morgan fingerprint density at radius 2 is 2.00 bits per heavy atom. The lowest BCUT2D eigenvalue weighted by molar-refractivity contribution is -0.121. The lowest BCUT2D eigenvalue weighted by Crippen LogP contribution is -2.39. The Morgan fingerprint density at radius 3 is 2.76 bits per heavy atom. The standard InChI is InChI=1S/C22H25N5O6S/c1-15-6-5-11-26(13-15)34(30,31)16-9-10-19-20(12-16)27(25-24-19)33-14-21(28)23-18-8-4-3-7-17(18)22(29)32-2/h3-4,7-10,12,15H,5-6,11,13-14H2,1-2H3,(H,23,28). The van der Waals surface area contributed by atoms with E-state index in [2.05, 4.69) is 15.6 Å². The van der Waals surface area contributed by atoms with E-state index in [0.717, 1.165) is 17.7 Å². The molecule has 11 nitrogen and oxygen atoms in total. The first-order valence-corrected chi connectivity index (χ1v) is 12.2. The Balaban J connectivity index is 1.49. The van der Waals surface area contributed by atoms with Crippen LogP contribution < -0.4 is 10.2 Å². The van der Waals surface area contributed by atoms with Crippen LogP contribution >= 0.6 is 0 Å². The second kappa shape index (κ2) is 9.77. The van der Waals surface area contributed by atoms with Gasteiger partial charge in [-0.2, -0.15) is 4.31 Å². The molecule has 1 atom stereocenters. The summed E-state index contributed by atoms with van der Waals surface area (Å²) >= 11 is 0. The SMILES string of the molecule is COC(=O)c1ccccc1NC(=O)COn1nnc2ccc(S(=O)(=O)N3CCCC(C)C3)cc21. The third-order valence-corrected chi connectivity index (χ3v) is 7.43. The fraction of sp³-hybridized carbons (Fsp3) is 0.364. The third kappa shape index (κ3) is 4.87. The molecule has 1 N–H and O–H groups in total. The van der Waals surface area contributed by atoms with E-state index in [1.165, 1.54) is 29.6 Å². The molecule has 2 heterocycles. The van der Waals surface area contributed by atoms with E-state index in [0.29, 0.717) is 30.0 Å². The van der Waals surface area contributed by atoms with Gasteiger partial charge in [-0.3, -0.25) is 4.79 Å². The summed E-state index contributed by atoms with van der Waals surface area (Å²) in [5.41, 5.74) is 1.21. The van der Waals surface area contributed by atoms with Crippen molar-refractivity contribution in [3.63, 3.8) is 0 Å². The number of amides is 1. The zero-order chi connectivity index (χ0) is 24.3. The average molecular weight is 488 g/mol. The van der Waals surface area contributed by atoms with Crippen LogP contribution in [-0.4, -0.2) is 66.6 Å². The van der Waals surface area contributed by atoms with Crippen LogP contribution in [0, 0.1) is 5.92 Å². The Kier molecular flexibility index (Phi) is 6.80. The fourth-order valence-electron chi connectivity index (χ4n) is 3.83. The lowest BCUT2D eigenvalue weighted by atomic mass is 10.0. The van der Waals surface area contributed by atoms with Gasteiger partial charge in [-0.05, 0) is 54.3 Å². The van der Waals surface area contributed by atoms with Gasteiger partial charge >= 0.3 is 5.97 Å². The summed E-state index contributed by atoms with van der Waals surface area (Å²) in [6.45, 7) is 2.54. The average Bonchev–Trinajstić information content (AvgIpc) is 3.25. The van der Waals surface area contributed by atoms with Crippen LogP contribution in [0.25, 0.3) is 11.0 Å². The van der Waals surface area contributed by atoms with Crippen molar-refractivity contribution in [2.45, 2.75) is 24.7 Å². The number of nitrogens with one attached hydrogen (secondary N) is 1. The zero-order valence-corrected chi connectivity index (χ0v) is 19.6. The van der Waals surface area contributed by atoms with Crippen LogP contribution in [0.4, 0.5) is 5.69 Å². The van der Waals surface area contributed by atoms with Gasteiger partial charge in [0, 0.05) is 13.1 Å². The van der Waals surface area contributed by atoms with Crippen molar-refractivity contribution in [3.8, 4) is 0 Å². The van der Waals surface area contributed by atoms with Crippen LogP contribution in [0.5, 0.6) is 0 Å². The topological polar surface area (TPSA) is 133 Å². The van der Waals surface area contributed by atoms with E-state index in [1.54, 1.807) is 24.3 Å². The van der Waals surface area contributed by atoms with E-state index in [1.807, 2.05) is 6.92 Å². The van der Waals surface area contributed by atoms with Gasteiger partial charge in [0.15, 0.2) is 6.61 Å². The molecule has 4 rings (SSSR count). The predicted molar refractivity (Wildman–Crippen MR) is 123 cm³/mol. The first-order valence-electron chi connectivity index (χ1n) is 10.8. The second-order valence-electron chi connectivity index (χ2n) is 8.08. The summed E-state index contributed by atoms with van der Waals surface area (Å²) in [5, 5.41) is 10.4. The quantitative estimate of drug-likeness (QED) is 0.498. The minimum atomic E-state index is -3.68. The molecule has 0 spiro atoms. The Labute approximate surface area is 196 Å². The normalized spacial score (nSPS) is 16.8. The number of methoxy groups -OCH3 is 1. The molecule has 1 aliphatic heterocycles. The lowest BCUT2D eigenvalue weighted by Gasteiger charge is -2.30. The molecule has 1 amide bonds. The highest BCUT2D eigenvalue weighted by Gasteiger charge is 2.29. The number of hydrogen-bond acceptors (Lipinski definition) is 8. The number of esters is 1. The highest BCUT2D eigenvalue weighted by molar-refractivity contribution is 7.89. The molecule has 1 saturated heterocycles. The number of fused-ring (bicyclic) bond motifs is 1. The molecule has 1 fully saturated rings. The van der Waals surface area contributed by atoms with Gasteiger partial charge in [0.2, 0.25) is 10.0 Å². The Hall–Kier alpha value is -3.51. The molecule has 34 heavy (non-hydrogen) atoms. The maximum absolute atomic E-state index is 13.1. The summed E-state index contributed by atoms with van der Waals surface area (Å²) in [6.07, 6.45) is 1.82. The van der Waals surface area contributed by atoms with Crippen molar-refractivity contribution in [2.75, 3.05) is 32.1 Å². The number of carbonyl (C=O) groups excluding carboxylic acids is 2. The number of hydrogen-bond donors (Lipinski definition) is 1. The predicted octanol–water partition coefficient (Wildman–Crippen LogP) is 1.71. The number of ether oxygens (including phenoxy) is 1. The molecule has 1 aliphatic rings. The molecule has 0 aliphatic carbocycles. The molecular formula is C22H25N5O6S. The molecule has 0 radical (unpaired) electrons. The maximum atomic E-state index is 13.1. The van der Waals surface area contributed by atoms with Gasteiger partial charge in [-0.15, -0.1) is 5.10 Å². The number of para-hydroxylation sites is 1. The molecule has 180 valence electrons. The van der Waals surface area contributed by atoms with Crippen LogP contribution in [0.2, 0.25) is 0 Å². The number of nitrogens with zero attached hydrogens (tertiary/aromatic N) is 4. The number of sulfonamides is 1. The Morgan fingerprint density at radius 1 is 1.21 bits per heavy atom. The minimum absolute atomic E-state index is 0.109. The van der Waals surface area contributed by atoms with Crippen molar-refractivity contribution >= 4 is 38.6 Å². The molecule has 2 aromatic carbocycles. The van der Waals surface area contributed by atoms with E-state index in [4.69, 9.17) is 9.57 Å². The van der Waals surface area contributed by atoms with Crippen molar-refractivity contribution in [3.05, 3.63) is 48.0 Å². The number of carbonyl (C=O) groups is 2. The molecule has 0 bridgehead atoms. The molecule has 1 unspecified atom stereocenters. The molecule has 0 saturated carbocycles. The Bertz CT molecular complexity index is 1320. The highest BCUT2D eigenvalue weighted by Crippen LogP contribution is 2.25. The molecule has 12 heteroatoms. The van der Waals surface area contributed by atoms with Crippen LogP contribution in [0.1, 0.15) is 30.1 Å². The van der Waals surface area contributed by atoms with Gasteiger partial charge in [0.05, 0.1) is 23.3 Å². The van der Waals surface area contributed by atoms with Crippen LogP contribution in [0.15, 0.2) is 47.4 Å². The second-order valence-corrected chi connectivity index (χ2v) is 10.0. The van der Waals surface area contributed by atoms with E-state index >= 15 is 0 Å². The van der Waals surface area contributed by atoms with Gasteiger partial charge in [-0.25, -0.2) is 13.2 Å². The fourth-order valence-corrected chi connectivity index (χ4v) is 5.45. The maximum Gasteiger partial charge on any atom is 0.339 e. The summed E-state index contributed by atoms with van der Waals surface area (Å²) in [5.74, 6) is -0.840. The van der Waals surface area contributed by atoms with Gasteiger partial charge < -0.3 is 14.9 Å². The summed E-state index contributed by atoms with van der Waals surface area (Å²) in [4.78, 5) is 30.9. The van der Waals surface area contributed by atoms with Crippen molar-refractivity contribution in [1.82, 2.24) is 19.5 Å². The first-order chi connectivity index (χ1) is 16.3. The van der Waals surface area contributed by atoms with E-state index in [9.17, 15) is 18.0 Å². The molecule has 1 aromatic heterocycles. The first kappa shape index (κ1) is 23.6. The zero-order valence-electron chi connectivity index (χ0n) is 18.8. The van der Waals surface area contributed by atoms with Crippen LogP contribution in [-0.2, 0) is 19.6 Å². The monoisotopic (exact) mass is 487 g/mol. The van der Waals surface area contributed by atoms with Crippen molar-refractivity contribution in [1.29, 1.82) is 0 Å². The molecular weight excluding hydrogens is 462 g/mol. The smallest absolute Gasteiger partial charge is 0.339 e. The van der Waals surface area contributed by atoms with Crippen molar-refractivity contribution < 1.29 is 27.6 Å². The van der Waals surface area contributed by atoms with Crippen molar-refractivity contribution in [2.24, 2.45) is 5.92 Å². The van der Waals surface area contributed by atoms with Gasteiger partial charge in [0.25, 0.3) is 5.91 Å². The summed E-state index contributed by atoms with van der Waals surface area (Å²) in [6, 6.07) is 10.9. The largest absolute Gasteiger partial charge is 0.465 e. The van der Waals surface area contributed by atoms with E-state index in [-0.39, 0.29) is 16.1 Å². The number of anilines is 1. The number of benzene rings is 2. The highest BCUT2D eigenvalue weighted by atomic mass is 32.2. The number of piperidine rings is 1.